The number of carbonyl (C=O) groups excluding carboxylic acids is 1. The van der Waals surface area contributed by atoms with Crippen molar-refractivity contribution in [1.82, 2.24) is 4.90 Å². The van der Waals surface area contributed by atoms with E-state index in [1.54, 1.807) is 11.0 Å². The molecule has 0 spiro atoms. The fourth-order valence-corrected chi connectivity index (χ4v) is 4.18. The van der Waals surface area contributed by atoms with Gasteiger partial charge in [0.05, 0.1) is 17.1 Å². The highest BCUT2D eigenvalue weighted by Gasteiger charge is 2.45. The SMILES string of the molecule is O=C(C(c1cccc(C(F)(F)F)c1)C1(O)CCCCC1)N1CC[CH]CC1. The molecule has 2 fully saturated rings. The number of carbonyl (C=O) groups is 1. The van der Waals surface area contributed by atoms with Gasteiger partial charge in [0.1, 0.15) is 0 Å². The molecular formula is C20H25F3NO2. The summed E-state index contributed by atoms with van der Waals surface area (Å²) >= 11 is 0. The molecule has 2 aliphatic rings. The normalized spacial score (nSPS) is 22.1. The van der Waals surface area contributed by atoms with Crippen LogP contribution in [0.4, 0.5) is 13.2 Å². The minimum absolute atomic E-state index is 0.248. The molecule has 1 aromatic carbocycles. The summed E-state index contributed by atoms with van der Waals surface area (Å²) < 4.78 is 39.5. The Morgan fingerprint density at radius 1 is 1.12 bits per heavy atom. The van der Waals surface area contributed by atoms with E-state index in [1.807, 2.05) is 0 Å². The maximum atomic E-state index is 13.2. The molecule has 1 amide bonds. The molecule has 1 unspecified atom stereocenters. The first-order chi connectivity index (χ1) is 12.3. The van der Waals surface area contributed by atoms with Crippen LogP contribution in [0.25, 0.3) is 0 Å². The summed E-state index contributed by atoms with van der Waals surface area (Å²) in [5.41, 5.74) is -1.79. The van der Waals surface area contributed by atoms with Gasteiger partial charge in [0.25, 0.3) is 0 Å². The van der Waals surface area contributed by atoms with Crippen molar-refractivity contribution < 1.29 is 23.1 Å². The first-order valence-corrected chi connectivity index (χ1v) is 9.31. The fraction of sp³-hybridized carbons (Fsp3) is 0.600. The number of halogens is 3. The van der Waals surface area contributed by atoms with Gasteiger partial charge in [-0.1, -0.05) is 37.5 Å². The van der Waals surface area contributed by atoms with E-state index in [0.29, 0.717) is 25.9 Å². The number of aliphatic hydroxyl groups is 1. The van der Waals surface area contributed by atoms with E-state index in [9.17, 15) is 23.1 Å². The van der Waals surface area contributed by atoms with E-state index >= 15 is 0 Å². The average molecular weight is 368 g/mol. The third-order valence-electron chi connectivity index (χ3n) is 5.57. The standard InChI is InChI=1S/C20H25F3NO2/c21-20(22,23)16-9-7-8-15(14-16)17(19(26)10-3-1-4-11-19)18(25)24-12-5-2-6-13-24/h2,7-9,14,17,26H,1,3-6,10-13H2. The van der Waals surface area contributed by atoms with Crippen molar-refractivity contribution in [2.24, 2.45) is 0 Å². The molecule has 0 aromatic heterocycles. The Morgan fingerprint density at radius 2 is 1.77 bits per heavy atom. The van der Waals surface area contributed by atoms with Crippen LogP contribution in [0.15, 0.2) is 24.3 Å². The highest BCUT2D eigenvalue weighted by molar-refractivity contribution is 5.85. The van der Waals surface area contributed by atoms with Gasteiger partial charge in [-0.15, -0.1) is 0 Å². The summed E-state index contributed by atoms with van der Waals surface area (Å²) in [6.07, 6.45) is 2.62. The van der Waals surface area contributed by atoms with Gasteiger partial charge in [0, 0.05) is 13.1 Å². The molecular weight excluding hydrogens is 343 g/mol. The molecule has 1 aliphatic carbocycles. The fourth-order valence-electron chi connectivity index (χ4n) is 4.18. The molecule has 1 N–H and O–H groups in total. The Balaban J connectivity index is 1.98. The molecule has 1 saturated carbocycles. The molecule has 1 saturated heterocycles. The Kier molecular flexibility index (Phi) is 5.61. The van der Waals surface area contributed by atoms with Crippen LogP contribution in [0.2, 0.25) is 0 Å². The predicted octanol–water partition coefficient (Wildman–Crippen LogP) is 4.31. The van der Waals surface area contributed by atoms with Gasteiger partial charge in [-0.3, -0.25) is 4.79 Å². The summed E-state index contributed by atoms with van der Waals surface area (Å²) in [6.45, 7) is 1.12. The Bertz CT molecular complexity index is 632. The zero-order valence-electron chi connectivity index (χ0n) is 14.8. The van der Waals surface area contributed by atoms with Crippen molar-refractivity contribution in [1.29, 1.82) is 0 Å². The molecule has 0 bridgehead atoms. The zero-order chi connectivity index (χ0) is 18.8. The Labute approximate surface area is 152 Å². The number of rotatable bonds is 3. The van der Waals surface area contributed by atoms with E-state index < -0.39 is 23.3 Å². The topological polar surface area (TPSA) is 40.5 Å². The Hall–Kier alpha value is -1.56. The molecule has 26 heavy (non-hydrogen) atoms. The van der Waals surface area contributed by atoms with E-state index in [-0.39, 0.29) is 11.5 Å². The van der Waals surface area contributed by atoms with Crippen molar-refractivity contribution in [3.8, 4) is 0 Å². The largest absolute Gasteiger partial charge is 0.416 e. The van der Waals surface area contributed by atoms with Gasteiger partial charge >= 0.3 is 6.18 Å². The van der Waals surface area contributed by atoms with E-state index in [4.69, 9.17) is 0 Å². The van der Waals surface area contributed by atoms with E-state index in [2.05, 4.69) is 6.42 Å². The monoisotopic (exact) mass is 368 g/mol. The van der Waals surface area contributed by atoms with Crippen LogP contribution in [-0.2, 0) is 11.0 Å². The van der Waals surface area contributed by atoms with Gasteiger partial charge in [-0.25, -0.2) is 0 Å². The highest BCUT2D eigenvalue weighted by Crippen LogP contribution is 2.42. The summed E-state index contributed by atoms with van der Waals surface area (Å²) in [7, 11) is 0. The number of piperidine rings is 1. The second-order valence-electron chi connectivity index (χ2n) is 7.41. The Morgan fingerprint density at radius 3 is 2.38 bits per heavy atom. The number of alkyl halides is 3. The number of amides is 1. The van der Waals surface area contributed by atoms with Gasteiger partial charge in [0.2, 0.25) is 5.91 Å². The molecule has 3 nitrogen and oxygen atoms in total. The number of hydrogen-bond acceptors (Lipinski definition) is 2. The molecule has 1 heterocycles. The van der Waals surface area contributed by atoms with Gasteiger partial charge in [0.15, 0.2) is 0 Å². The molecule has 143 valence electrons. The van der Waals surface area contributed by atoms with Crippen LogP contribution in [0.5, 0.6) is 0 Å². The molecule has 6 heteroatoms. The second kappa shape index (κ2) is 7.59. The first kappa shape index (κ1) is 19.2. The van der Waals surface area contributed by atoms with Crippen LogP contribution >= 0.6 is 0 Å². The summed E-state index contributed by atoms with van der Waals surface area (Å²) in [6, 6.07) is 4.91. The van der Waals surface area contributed by atoms with Crippen molar-refractivity contribution in [2.75, 3.05) is 13.1 Å². The summed E-state index contributed by atoms with van der Waals surface area (Å²) in [4.78, 5) is 14.9. The number of nitrogens with zero attached hydrogens (tertiary/aromatic N) is 1. The van der Waals surface area contributed by atoms with Crippen molar-refractivity contribution in [3.05, 3.63) is 41.8 Å². The van der Waals surface area contributed by atoms with Crippen molar-refractivity contribution in [3.63, 3.8) is 0 Å². The van der Waals surface area contributed by atoms with E-state index in [1.165, 1.54) is 6.07 Å². The lowest BCUT2D eigenvalue weighted by molar-refractivity contribution is -0.143. The zero-order valence-corrected chi connectivity index (χ0v) is 14.8. The molecule has 1 atom stereocenters. The lowest BCUT2D eigenvalue weighted by Gasteiger charge is -2.41. The lowest BCUT2D eigenvalue weighted by Crippen LogP contribution is -2.49. The van der Waals surface area contributed by atoms with Gasteiger partial charge in [-0.2, -0.15) is 13.2 Å². The first-order valence-electron chi connectivity index (χ1n) is 9.31. The molecule has 1 aliphatic heterocycles. The average Bonchev–Trinajstić information content (AvgIpc) is 2.62. The van der Waals surface area contributed by atoms with E-state index in [0.717, 1.165) is 44.2 Å². The highest BCUT2D eigenvalue weighted by atomic mass is 19.4. The third-order valence-corrected chi connectivity index (χ3v) is 5.57. The molecule has 1 aromatic rings. The number of likely N-dealkylation sites (tertiary alicyclic amines) is 1. The maximum absolute atomic E-state index is 13.2. The molecule has 1 radical (unpaired) electrons. The minimum atomic E-state index is -4.47. The molecule has 3 rings (SSSR count). The number of benzene rings is 1. The summed E-state index contributed by atoms with van der Waals surface area (Å²) in [5.74, 6) is -1.19. The van der Waals surface area contributed by atoms with Gasteiger partial charge < -0.3 is 10.0 Å². The van der Waals surface area contributed by atoms with Crippen LogP contribution < -0.4 is 0 Å². The van der Waals surface area contributed by atoms with Crippen molar-refractivity contribution >= 4 is 5.91 Å². The van der Waals surface area contributed by atoms with Gasteiger partial charge in [-0.05, 0) is 43.7 Å². The smallest absolute Gasteiger partial charge is 0.389 e. The van der Waals surface area contributed by atoms with Crippen LogP contribution in [-0.4, -0.2) is 34.6 Å². The quantitative estimate of drug-likeness (QED) is 0.864. The van der Waals surface area contributed by atoms with Crippen molar-refractivity contribution in [2.45, 2.75) is 62.6 Å². The summed E-state index contributed by atoms with van der Waals surface area (Å²) in [5, 5.41) is 11.2. The second-order valence-corrected chi connectivity index (χ2v) is 7.41. The maximum Gasteiger partial charge on any atom is 0.416 e. The lowest BCUT2D eigenvalue weighted by atomic mass is 9.72. The third kappa shape index (κ3) is 4.05. The minimum Gasteiger partial charge on any atom is -0.389 e. The van der Waals surface area contributed by atoms with Crippen LogP contribution in [0.1, 0.15) is 62.0 Å². The van der Waals surface area contributed by atoms with Crippen LogP contribution in [0.3, 0.4) is 0 Å². The predicted molar refractivity (Wildman–Crippen MR) is 92.3 cm³/mol. The van der Waals surface area contributed by atoms with Crippen LogP contribution in [0, 0.1) is 6.42 Å². The number of hydrogen-bond donors (Lipinski definition) is 1.